The van der Waals surface area contributed by atoms with Crippen molar-refractivity contribution in [3.05, 3.63) is 59.7 Å². The van der Waals surface area contributed by atoms with Crippen LogP contribution in [0.1, 0.15) is 55.6 Å². The van der Waals surface area contributed by atoms with Crippen LogP contribution >= 0.6 is 0 Å². The van der Waals surface area contributed by atoms with Gasteiger partial charge in [0.15, 0.2) is 0 Å². The van der Waals surface area contributed by atoms with Crippen LogP contribution in [0.3, 0.4) is 0 Å². The van der Waals surface area contributed by atoms with Crippen molar-refractivity contribution >= 4 is 18.0 Å². The predicted molar refractivity (Wildman–Crippen MR) is 129 cm³/mol. The number of alkyl carbamates (subject to hydrolysis) is 1. The van der Waals surface area contributed by atoms with Gasteiger partial charge in [0, 0.05) is 24.5 Å². The Hall–Kier alpha value is -3.35. The van der Waals surface area contributed by atoms with Crippen molar-refractivity contribution in [3.63, 3.8) is 0 Å². The summed E-state index contributed by atoms with van der Waals surface area (Å²) in [6.45, 7) is 0.903. The number of rotatable bonds is 6. The van der Waals surface area contributed by atoms with E-state index in [9.17, 15) is 19.5 Å². The summed E-state index contributed by atoms with van der Waals surface area (Å²) in [6, 6.07) is 16.2. The molecule has 0 aromatic heterocycles. The van der Waals surface area contributed by atoms with Crippen molar-refractivity contribution in [2.24, 2.45) is 11.3 Å². The number of hydrogen-bond donors (Lipinski definition) is 2. The van der Waals surface area contributed by atoms with Crippen LogP contribution in [0.15, 0.2) is 48.5 Å². The van der Waals surface area contributed by atoms with Crippen molar-refractivity contribution in [2.45, 2.75) is 56.5 Å². The van der Waals surface area contributed by atoms with E-state index in [0.29, 0.717) is 13.0 Å². The number of carbonyl (C=O) groups is 3. The van der Waals surface area contributed by atoms with E-state index in [2.05, 4.69) is 29.6 Å². The Balaban J connectivity index is 1.06. The molecule has 3 fully saturated rings. The molecule has 1 aliphatic heterocycles. The van der Waals surface area contributed by atoms with Gasteiger partial charge in [0.25, 0.3) is 0 Å². The maximum absolute atomic E-state index is 13.4. The van der Waals surface area contributed by atoms with Gasteiger partial charge in [0.2, 0.25) is 5.91 Å². The molecule has 35 heavy (non-hydrogen) atoms. The molecule has 2 aromatic carbocycles. The molecular weight excluding hydrogens is 444 g/mol. The fraction of sp³-hybridized carbons (Fsp3) is 0.464. The van der Waals surface area contributed by atoms with E-state index < -0.39 is 17.5 Å². The van der Waals surface area contributed by atoms with Gasteiger partial charge in [0.05, 0.1) is 11.8 Å². The molecule has 2 aromatic rings. The van der Waals surface area contributed by atoms with Gasteiger partial charge in [-0.2, -0.15) is 0 Å². The molecule has 4 aliphatic rings. The van der Waals surface area contributed by atoms with E-state index in [0.717, 1.165) is 25.7 Å². The summed E-state index contributed by atoms with van der Waals surface area (Å²) in [4.78, 5) is 39.1. The molecule has 2 saturated carbocycles. The fourth-order valence-corrected chi connectivity index (χ4v) is 6.87. The lowest BCUT2D eigenvalue weighted by atomic mass is 9.98. The first-order valence-corrected chi connectivity index (χ1v) is 12.6. The number of nitrogens with zero attached hydrogens (tertiary/aromatic N) is 1. The summed E-state index contributed by atoms with van der Waals surface area (Å²) >= 11 is 0. The molecule has 1 heterocycles. The van der Waals surface area contributed by atoms with Gasteiger partial charge in [-0.1, -0.05) is 48.5 Å². The van der Waals surface area contributed by atoms with E-state index in [1.54, 1.807) is 4.90 Å². The molecule has 2 amide bonds. The minimum atomic E-state index is -0.860. The van der Waals surface area contributed by atoms with Crippen molar-refractivity contribution < 1.29 is 24.2 Å². The average Bonchev–Trinajstić information content (AvgIpc) is 3.16. The number of carboxylic acids is 1. The third-order valence-electron chi connectivity index (χ3n) is 8.55. The Bertz CT molecular complexity index is 1150. The van der Waals surface area contributed by atoms with Crippen LogP contribution in [0.4, 0.5) is 4.79 Å². The molecule has 7 nitrogen and oxygen atoms in total. The van der Waals surface area contributed by atoms with Gasteiger partial charge in [-0.3, -0.25) is 9.59 Å². The third kappa shape index (κ3) is 3.77. The summed E-state index contributed by atoms with van der Waals surface area (Å²) in [5.41, 5.74) is 4.31. The highest BCUT2D eigenvalue weighted by molar-refractivity contribution is 5.88. The monoisotopic (exact) mass is 474 g/mol. The quantitative estimate of drug-likeness (QED) is 0.656. The molecule has 6 rings (SSSR count). The molecule has 2 N–H and O–H groups in total. The number of amides is 2. The van der Waals surface area contributed by atoms with Crippen LogP contribution in [0.5, 0.6) is 0 Å². The first-order valence-electron chi connectivity index (χ1n) is 12.6. The second-order valence-corrected chi connectivity index (χ2v) is 10.6. The Morgan fingerprint density at radius 1 is 1.03 bits per heavy atom. The lowest BCUT2D eigenvalue weighted by molar-refractivity contribution is -0.142. The number of benzene rings is 2. The number of ether oxygens (including phenoxy) is 1. The first-order chi connectivity index (χ1) is 17.0. The highest BCUT2D eigenvalue weighted by Gasteiger charge is 2.66. The van der Waals surface area contributed by atoms with Gasteiger partial charge in [-0.25, -0.2) is 4.79 Å². The highest BCUT2D eigenvalue weighted by Crippen LogP contribution is 2.64. The minimum absolute atomic E-state index is 0.00785. The number of fused-ring (bicyclic) bond motifs is 4. The fourth-order valence-electron chi connectivity index (χ4n) is 6.87. The zero-order chi connectivity index (χ0) is 24.2. The number of nitrogens with one attached hydrogen (secondary N) is 1. The molecular formula is C28H30N2O5. The number of likely N-dealkylation sites (tertiary alicyclic amines) is 1. The minimum Gasteiger partial charge on any atom is -0.481 e. The maximum atomic E-state index is 13.4. The van der Waals surface area contributed by atoms with Crippen molar-refractivity contribution in [1.29, 1.82) is 0 Å². The topological polar surface area (TPSA) is 95.9 Å². The maximum Gasteiger partial charge on any atom is 0.407 e. The zero-order valence-corrected chi connectivity index (χ0v) is 19.6. The van der Waals surface area contributed by atoms with E-state index in [1.165, 1.54) is 22.3 Å². The van der Waals surface area contributed by atoms with E-state index in [1.807, 2.05) is 24.3 Å². The third-order valence-corrected chi connectivity index (χ3v) is 8.55. The van der Waals surface area contributed by atoms with Crippen LogP contribution in [0, 0.1) is 11.3 Å². The second-order valence-electron chi connectivity index (χ2n) is 10.6. The summed E-state index contributed by atoms with van der Waals surface area (Å²) in [7, 11) is 0. The normalized spacial score (nSPS) is 28.2. The Labute approximate surface area is 204 Å². The van der Waals surface area contributed by atoms with Gasteiger partial charge in [-0.15, -0.1) is 0 Å². The Kier molecular flexibility index (Phi) is 5.31. The van der Waals surface area contributed by atoms with E-state index in [-0.39, 0.29) is 42.9 Å². The van der Waals surface area contributed by atoms with Crippen molar-refractivity contribution in [2.75, 3.05) is 13.2 Å². The highest BCUT2D eigenvalue weighted by atomic mass is 16.5. The molecule has 3 aliphatic carbocycles. The second kappa shape index (κ2) is 8.40. The van der Waals surface area contributed by atoms with Crippen molar-refractivity contribution in [1.82, 2.24) is 10.2 Å². The number of carboxylic acid groups (broad SMARTS) is 1. The smallest absolute Gasteiger partial charge is 0.407 e. The standard InChI is InChI=1S/C28H30N2O5/c31-25(32)13-19-6-5-11-30(19)26(33)28-14-17(28)12-18(15-28)29-27(34)35-16-24-22-9-3-1-7-20(22)21-8-2-4-10-23(21)24/h1-4,7-10,17-19,24H,5-6,11-16H2,(H,29,34)(H,31,32)/t17-,18+,19?,28+/m1/s1. The summed E-state index contributed by atoms with van der Waals surface area (Å²) in [6.07, 6.45) is 3.39. The van der Waals surface area contributed by atoms with Crippen LogP contribution in [-0.4, -0.2) is 53.2 Å². The zero-order valence-electron chi connectivity index (χ0n) is 19.6. The largest absolute Gasteiger partial charge is 0.481 e. The summed E-state index contributed by atoms with van der Waals surface area (Å²) in [5, 5.41) is 12.2. The molecule has 1 saturated heterocycles. The Morgan fingerprint density at radius 3 is 2.40 bits per heavy atom. The van der Waals surface area contributed by atoms with Crippen molar-refractivity contribution in [3.8, 4) is 11.1 Å². The van der Waals surface area contributed by atoms with Crippen LogP contribution in [-0.2, 0) is 14.3 Å². The lowest BCUT2D eigenvalue weighted by Gasteiger charge is -2.28. The average molecular weight is 475 g/mol. The molecule has 1 unspecified atom stereocenters. The van der Waals surface area contributed by atoms with Gasteiger partial charge in [-0.05, 0) is 60.3 Å². The van der Waals surface area contributed by atoms with Crippen LogP contribution in [0.25, 0.3) is 11.1 Å². The molecule has 182 valence electrons. The Morgan fingerprint density at radius 2 is 1.71 bits per heavy atom. The van der Waals surface area contributed by atoms with E-state index in [4.69, 9.17) is 4.74 Å². The SMILES string of the molecule is O=C(O)CC1CCCN1C(=O)[C@@]12C[C@@H](NC(=O)OCC3c4ccccc4-c4ccccc43)C[C@@H]1C2. The summed E-state index contributed by atoms with van der Waals surface area (Å²) in [5.74, 6) is -0.497. The van der Waals surface area contributed by atoms with E-state index >= 15 is 0 Å². The van der Waals surface area contributed by atoms with Crippen LogP contribution < -0.4 is 5.32 Å². The summed E-state index contributed by atoms with van der Waals surface area (Å²) < 4.78 is 5.70. The lowest BCUT2D eigenvalue weighted by Crippen LogP contribution is -2.43. The molecule has 7 heteroatoms. The molecule has 0 bridgehead atoms. The molecule has 0 radical (unpaired) electrons. The van der Waals surface area contributed by atoms with Crippen LogP contribution in [0.2, 0.25) is 0 Å². The first kappa shape index (κ1) is 22.1. The van der Waals surface area contributed by atoms with Gasteiger partial charge < -0.3 is 20.1 Å². The van der Waals surface area contributed by atoms with Gasteiger partial charge in [0.1, 0.15) is 6.61 Å². The molecule has 4 atom stereocenters. The number of aliphatic carboxylic acids is 1. The molecule has 0 spiro atoms. The predicted octanol–water partition coefficient (Wildman–Crippen LogP) is 4.16. The number of hydrogen-bond acceptors (Lipinski definition) is 4. The van der Waals surface area contributed by atoms with Gasteiger partial charge >= 0.3 is 12.1 Å². The number of carbonyl (C=O) groups excluding carboxylic acids is 2.